The van der Waals surface area contributed by atoms with Gasteiger partial charge in [0.25, 0.3) is 11.8 Å². The topological polar surface area (TPSA) is 116 Å². The number of imide groups is 2. The van der Waals surface area contributed by atoms with Gasteiger partial charge in [0.1, 0.15) is 5.82 Å². The van der Waals surface area contributed by atoms with Crippen LogP contribution in [-0.4, -0.2) is 40.9 Å². The molecular formula is C41H32Cl2FN3O6. The first-order valence-corrected chi connectivity index (χ1v) is 17.8. The number of hydrogen-bond donors (Lipinski definition) is 2. The predicted octanol–water partition coefficient (Wildman–Crippen LogP) is 7.68. The van der Waals surface area contributed by atoms with Crippen LogP contribution in [0, 0.1) is 29.5 Å². The first-order chi connectivity index (χ1) is 25.5. The van der Waals surface area contributed by atoms with Crippen molar-refractivity contribution in [1.29, 1.82) is 0 Å². The molecule has 4 aliphatic rings. The van der Waals surface area contributed by atoms with Gasteiger partial charge in [-0.1, -0.05) is 71.8 Å². The number of phenolic OH excluding ortho intramolecular Hbond substituents is 1. The van der Waals surface area contributed by atoms with Crippen LogP contribution in [0.4, 0.5) is 15.8 Å². The minimum atomic E-state index is -1.62. The van der Waals surface area contributed by atoms with Gasteiger partial charge >= 0.3 is 0 Å². The molecule has 53 heavy (non-hydrogen) atoms. The lowest BCUT2D eigenvalue weighted by Gasteiger charge is -2.50. The standard InChI is InChI=1S/C41H32Cl2FN3O6/c1-3-21-4-14-27(15-5-21)46-37(49)29-17-16-28-30(34(29)39(46)51)20-31-38(50)47(45-26-12-10-25(44)11-13-26)40(52)41(31,23-6-8-24(42)9-7-23)35(28)22-18-32(43)36(48)33(19-22)53-2/h3-16,18-19,29-31,34-35,45,48H,1,17,20H2,2H3/t29-,30+,31-,34-,35-,41+/m0/s1. The largest absolute Gasteiger partial charge is 0.503 e. The minimum absolute atomic E-state index is 0.0436. The van der Waals surface area contributed by atoms with Crippen LogP contribution in [-0.2, 0) is 24.6 Å². The highest BCUT2D eigenvalue weighted by molar-refractivity contribution is 6.32. The van der Waals surface area contributed by atoms with Gasteiger partial charge in [-0.25, -0.2) is 4.39 Å². The summed E-state index contributed by atoms with van der Waals surface area (Å²) in [7, 11) is 1.37. The molecule has 4 aromatic rings. The van der Waals surface area contributed by atoms with E-state index in [1.54, 1.807) is 60.7 Å². The smallest absolute Gasteiger partial charge is 0.260 e. The van der Waals surface area contributed by atoms with E-state index in [2.05, 4.69) is 12.0 Å². The Morgan fingerprint density at radius 2 is 1.62 bits per heavy atom. The molecular weight excluding hydrogens is 720 g/mol. The van der Waals surface area contributed by atoms with Crippen LogP contribution < -0.4 is 15.1 Å². The number of phenols is 1. The van der Waals surface area contributed by atoms with Crippen LogP contribution >= 0.6 is 23.2 Å². The summed E-state index contributed by atoms with van der Waals surface area (Å²) in [6.07, 6.45) is 3.86. The van der Waals surface area contributed by atoms with E-state index in [0.717, 1.165) is 10.6 Å². The van der Waals surface area contributed by atoms with Crippen molar-refractivity contribution in [1.82, 2.24) is 5.01 Å². The molecule has 4 amide bonds. The summed E-state index contributed by atoms with van der Waals surface area (Å²) < 4.78 is 19.4. The molecule has 2 heterocycles. The molecule has 4 aromatic carbocycles. The number of anilines is 2. The monoisotopic (exact) mass is 751 g/mol. The number of nitrogens with one attached hydrogen (secondary N) is 1. The Morgan fingerprint density at radius 3 is 2.28 bits per heavy atom. The number of carbonyl (C=O) groups is 4. The van der Waals surface area contributed by atoms with Gasteiger partial charge in [0.05, 0.1) is 46.7 Å². The molecule has 1 saturated carbocycles. The summed E-state index contributed by atoms with van der Waals surface area (Å²) in [5, 5.41) is 12.1. The van der Waals surface area contributed by atoms with E-state index in [0.29, 0.717) is 33.1 Å². The second-order valence-corrected chi connectivity index (χ2v) is 14.6. The molecule has 12 heteroatoms. The van der Waals surface area contributed by atoms with E-state index in [1.165, 1.54) is 42.3 Å². The van der Waals surface area contributed by atoms with E-state index in [9.17, 15) is 23.9 Å². The Kier molecular flexibility index (Phi) is 8.42. The van der Waals surface area contributed by atoms with E-state index in [-0.39, 0.29) is 41.2 Å². The molecule has 0 aromatic heterocycles. The number of ether oxygens (including phenoxy) is 1. The first-order valence-electron chi connectivity index (χ1n) is 17.0. The number of allylic oxidation sites excluding steroid dienone is 2. The lowest BCUT2D eigenvalue weighted by atomic mass is 9.49. The van der Waals surface area contributed by atoms with Gasteiger partial charge in [-0.05, 0) is 96.1 Å². The number of fused-ring (bicyclic) bond motifs is 4. The van der Waals surface area contributed by atoms with Gasteiger partial charge < -0.3 is 9.84 Å². The molecule has 2 N–H and O–H groups in total. The van der Waals surface area contributed by atoms with Crippen LogP contribution in [0.1, 0.15) is 35.4 Å². The summed E-state index contributed by atoms with van der Waals surface area (Å²) in [5.41, 5.74) is 4.49. The second kappa shape index (κ2) is 12.9. The van der Waals surface area contributed by atoms with Crippen molar-refractivity contribution >= 4 is 64.3 Å². The maximum Gasteiger partial charge on any atom is 0.260 e. The molecule has 0 spiro atoms. The van der Waals surface area contributed by atoms with E-state index in [4.69, 9.17) is 27.9 Å². The van der Waals surface area contributed by atoms with Gasteiger partial charge in [-0.2, -0.15) is 5.01 Å². The van der Waals surface area contributed by atoms with Crippen molar-refractivity contribution < 1.29 is 33.4 Å². The van der Waals surface area contributed by atoms with Crippen LogP contribution in [0.5, 0.6) is 11.5 Å². The SMILES string of the molecule is C=Cc1ccc(N2C(=O)[C@H]3[C@H](CC=C4[C@H]3C[C@H]3C(=O)N(Nc5ccc(F)cc5)C(=O)[C@@]3(c3ccc(Cl)cc3)[C@H]4c3cc(Cl)c(O)c(OC)c3)C2=O)cc1. The zero-order chi connectivity index (χ0) is 37.3. The Bertz CT molecular complexity index is 2240. The summed E-state index contributed by atoms with van der Waals surface area (Å²) >= 11 is 13.0. The summed E-state index contributed by atoms with van der Waals surface area (Å²) in [5.74, 6) is -6.79. The zero-order valence-electron chi connectivity index (χ0n) is 28.3. The number of amides is 4. The molecule has 3 fully saturated rings. The molecule has 0 unspecified atom stereocenters. The van der Waals surface area contributed by atoms with Gasteiger partial charge in [-0.3, -0.25) is 29.5 Å². The molecule has 6 atom stereocenters. The molecule has 268 valence electrons. The first kappa shape index (κ1) is 34.6. The Balaban J connectivity index is 1.34. The fourth-order valence-electron chi connectivity index (χ4n) is 8.96. The summed E-state index contributed by atoms with van der Waals surface area (Å²) in [6.45, 7) is 3.78. The van der Waals surface area contributed by atoms with E-state index < -0.39 is 52.6 Å². The van der Waals surface area contributed by atoms with Crippen LogP contribution in [0.15, 0.2) is 103 Å². The molecule has 0 bridgehead atoms. The lowest BCUT2D eigenvalue weighted by Crippen LogP contribution is -2.53. The van der Waals surface area contributed by atoms with Crippen molar-refractivity contribution in [3.8, 4) is 11.5 Å². The fraction of sp³-hybridized carbons (Fsp3) is 0.220. The van der Waals surface area contributed by atoms with Gasteiger partial charge in [0.15, 0.2) is 11.5 Å². The normalized spacial score (nSPS) is 26.2. The predicted molar refractivity (Wildman–Crippen MR) is 198 cm³/mol. The van der Waals surface area contributed by atoms with Crippen LogP contribution in [0.3, 0.4) is 0 Å². The fourth-order valence-corrected chi connectivity index (χ4v) is 9.31. The molecule has 2 saturated heterocycles. The average molecular weight is 753 g/mol. The van der Waals surface area contributed by atoms with E-state index in [1.807, 2.05) is 6.08 Å². The van der Waals surface area contributed by atoms with E-state index >= 15 is 4.79 Å². The quantitative estimate of drug-likeness (QED) is 0.147. The highest BCUT2D eigenvalue weighted by atomic mass is 35.5. The Morgan fingerprint density at radius 1 is 0.925 bits per heavy atom. The minimum Gasteiger partial charge on any atom is -0.503 e. The number of methoxy groups -OCH3 is 1. The average Bonchev–Trinajstić information content (AvgIpc) is 3.54. The Hall–Kier alpha value is -5.45. The van der Waals surface area contributed by atoms with Crippen molar-refractivity contribution in [3.05, 3.63) is 136 Å². The molecule has 0 radical (unpaired) electrons. The third-order valence-corrected chi connectivity index (χ3v) is 11.8. The van der Waals surface area contributed by atoms with Crippen LogP contribution in [0.2, 0.25) is 10.0 Å². The maximum atomic E-state index is 15.3. The summed E-state index contributed by atoms with van der Waals surface area (Å²) in [4.78, 5) is 59.9. The van der Waals surface area contributed by atoms with Crippen molar-refractivity contribution in [2.24, 2.45) is 23.7 Å². The molecule has 2 aliphatic carbocycles. The highest BCUT2D eigenvalue weighted by Gasteiger charge is 2.70. The van der Waals surface area contributed by atoms with Crippen molar-refractivity contribution in [2.45, 2.75) is 24.2 Å². The zero-order valence-corrected chi connectivity index (χ0v) is 29.8. The number of hydrazine groups is 1. The van der Waals surface area contributed by atoms with Crippen molar-refractivity contribution in [3.63, 3.8) is 0 Å². The maximum absolute atomic E-state index is 15.3. The number of nitrogens with zero attached hydrogens (tertiary/aromatic N) is 2. The second-order valence-electron chi connectivity index (χ2n) is 13.7. The number of hydrogen-bond acceptors (Lipinski definition) is 7. The number of carbonyl (C=O) groups excluding carboxylic acids is 4. The van der Waals surface area contributed by atoms with Crippen LogP contribution in [0.25, 0.3) is 6.08 Å². The summed E-state index contributed by atoms with van der Waals surface area (Å²) in [6, 6.07) is 22.0. The van der Waals surface area contributed by atoms with Gasteiger partial charge in [0.2, 0.25) is 11.8 Å². The molecule has 8 rings (SSSR count). The number of halogens is 3. The van der Waals surface area contributed by atoms with Gasteiger partial charge in [-0.15, -0.1) is 0 Å². The third kappa shape index (κ3) is 5.18. The highest BCUT2D eigenvalue weighted by Crippen LogP contribution is 2.64. The Labute approximate surface area is 314 Å². The lowest BCUT2D eigenvalue weighted by molar-refractivity contribution is -0.138. The number of rotatable bonds is 7. The third-order valence-electron chi connectivity index (χ3n) is 11.2. The van der Waals surface area contributed by atoms with Crippen molar-refractivity contribution in [2.75, 3.05) is 17.4 Å². The number of aromatic hydroxyl groups is 1. The number of benzene rings is 4. The molecule has 2 aliphatic heterocycles. The molecule has 9 nitrogen and oxygen atoms in total. The van der Waals surface area contributed by atoms with Gasteiger partial charge in [0, 0.05) is 10.9 Å².